The van der Waals surface area contributed by atoms with Crippen LogP contribution in [0.2, 0.25) is 0 Å². The number of piperidine rings is 1. The Hall–Kier alpha value is -0.930. The molecular formula is C16H27N3. The quantitative estimate of drug-likeness (QED) is 0.906. The first-order chi connectivity index (χ1) is 9.11. The second-order valence-electron chi connectivity index (χ2n) is 6.17. The molecule has 1 aliphatic heterocycles. The van der Waals surface area contributed by atoms with E-state index in [-0.39, 0.29) is 12.1 Å². The Labute approximate surface area is 117 Å². The number of aromatic nitrogens is 1. The van der Waals surface area contributed by atoms with Crippen molar-refractivity contribution in [2.45, 2.75) is 45.7 Å². The summed E-state index contributed by atoms with van der Waals surface area (Å²) >= 11 is 0. The lowest BCUT2D eigenvalue weighted by Crippen LogP contribution is -2.47. The molecule has 0 aliphatic carbocycles. The number of pyridine rings is 1. The highest BCUT2D eigenvalue weighted by molar-refractivity contribution is 5.12. The number of rotatable bonds is 4. The summed E-state index contributed by atoms with van der Waals surface area (Å²) in [6.45, 7) is 9.13. The molecule has 4 atom stereocenters. The predicted molar refractivity (Wildman–Crippen MR) is 79.8 cm³/mol. The molecule has 0 aromatic carbocycles. The Bertz CT molecular complexity index is 369. The molecule has 1 fully saturated rings. The summed E-state index contributed by atoms with van der Waals surface area (Å²) in [5.41, 5.74) is 7.51. The lowest BCUT2D eigenvalue weighted by Gasteiger charge is -2.42. The fraction of sp³-hybridized carbons (Fsp3) is 0.688. The predicted octanol–water partition coefficient (Wildman–Crippen LogP) is 2.84. The minimum absolute atomic E-state index is 0.160. The zero-order valence-electron chi connectivity index (χ0n) is 12.4. The maximum Gasteiger partial charge on any atom is 0.0673 e. The van der Waals surface area contributed by atoms with E-state index in [1.54, 1.807) is 0 Å². The molecule has 0 saturated carbocycles. The number of likely N-dealkylation sites (tertiary alicyclic amines) is 1. The van der Waals surface area contributed by atoms with Crippen molar-refractivity contribution in [3.8, 4) is 0 Å². The van der Waals surface area contributed by atoms with Crippen molar-refractivity contribution in [2.75, 3.05) is 13.1 Å². The number of hydrogen-bond donors (Lipinski definition) is 1. The highest BCUT2D eigenvalue weighted by atomic mass is 15.2. The van der Waals surface area contributed by atoms with E-state index >= 15 is 0 Å². The SMILES string of the molecule is CCC(N)C(c1ccccn1)N1CC(C)CC(C)C1. The molecule has 0 amide bonds. The van der Waals surface area contributed by atoms with Gasteiger partial charge in [-0.3, -0.25) is 9.88 Å². The molecule has 0 radical (unpaired) electrons. The first-order valence-corrected chi connectivity index (χ1v) is 7.52. The molecule has 3 heteroatoms. The second-order valence-corrected chi connectivity index (χ2v) is 6.17. The molecule has 2 heterocycles. The fourth-order valence-electron chi connectivity index (χ4n) is 3.39. The van der Waals surface area contributed by atoms with Gasteiger partial charge in [0, 0.05) is 25.3 Å². The van der Waals surface area contributed by atoms with Gasteiger partial charge in [-0.2, -0.15) is 0 Å². The Morgan fingerprint density at radius 1 is 1.32 bits per heavy atom. The number of nitrogens with two attached hydrogens (primary N) is 1. The van der Waals surface area contributed by atoms with Gasteiger partial charge in [0.25, 0.3) is 0 Å². The summed E-state index contributed by atoms with van der Waals surface area (Å²) in [5.74, 6) is 1.50. The minimum Gasteiger partial charge on any atom is -0.326 e. The highest BCUT2D eigenvalue weighted by Crippen LogP contribution is 2.30. The first kappa shape index (κ1) is 14.5. The van der Waals surface area contributed by atoms with Crippen LogP contribution in [-0.2, 0) is 0 Å². The minimum atomic E-state index is 0.160. The Morgan fingerprint density at radius 2 is 2.00 bits per heavy atom. The van der Waals surface area contributed by atoms with Gasteiger partial charge in [-0.15, -0.1) is 0 Å². The van der Waals surface area contributed by atoms with Crippen LogP contribution in [0.3, 0.4) is 0 Å². The largest absolute Gasteiger partial charge is 0.326 e. The van der Waals surface area contributed by atoms with E-state index in [0.29, 0.717) is 0 Å². The van der Waals surface area contributed by atoms with Crippen LogP contribution in [0.25, 0.3) is 0 Å². The Kier molecular flexibility index (Phi) is 4.94. The van der Waals surface area contributed by atoms with Crippen LogP contribution in [-0.4, -0.2) is 29.0 Å². The molecule has 0 bridgehead atoms. The van der Waals surface area contributed by atoms with Crippen molar-refractivity contribution in [3.63, 3.8) is 0 Å². The van der Waals surface area contributed by atoms with E-state index in [2.05, 4.69) is 42.8 Å². The number of nitrogens with zero attached hydrogens (tertiary/aromatic N) is 2. The number of hydrogen-bond acceptors (Lipinski definition) is 3. The Morgan fingerprint density at radius 3 is 2.53 bits per heavy atom. The topological polar surface area (TPSA) is 42.1 Å². The van der Waals surface area contributed by atoms with Crippen molar-refractivity contribution in [1.82, 2.24) is 9.88 Å². The van der Waals surface area contributed by atoms with Crippen LogP contribution >= 0.6 is 0 Å². The summed E-state index contributed by atoms with van der Waals surface area (Å²) in [6, 6.07) is 6.57. The first-order valence-electron chi connectivity index (χ1n) is 7.52. The molecule has 19 heavy (non-hydrogen) atoms. The summed E-state index contributed by atoms with van der Waals surface area (Å²) in [6.07, 6.45) is 4.19. The van der Waals surface area contributed by atoms with E-state index in [1.165, 1.54) is 6.42 Å². The maximum atomic E-state index is 6.39. The average molecular weight is 261 g/mol. The van der Waals surface area contributed by atoms with E-state index in [9.17, 15) is 0 Å². The lowest BCUT2D eigenvalue weighted by molar-refractivity contribution is 0.0790. The van der Waals surface area contributed by atoms with E-state index in [4.69, 9.17) is 5.73 Å². The lowest BCUT2D eigenvalue weighted by atomic mass is 9.88. The normalized spacial score (nSPS) is 28.0. The van der Waals surface area contributed by atoms with Crippen LogP contribution < -0.4 is 5.73 Å². The molecular weight excluding hydrogens is 234 g/mol. The van der Waals surface area contributed by atoms with Gasteiger partial charge in [0.15, 0.2) is 0 Å². The summed E-state index contributed by atoms with van der Waals surface area (Å²) < 4.78 is 0. The van der Waals surface area contributed by atoms with Crippen molar-refractivity contribution >= 4 is 0 Å². The zero-order chi connectivity index (χ0) is 13.8. The van der Waals surface area contributed by atoms with Crippen molar-refractivity contribution in [3.05, 3.63) is 30.1 Å². The van der Waals surface area contributed by atoms with E-state index < -0.39 is 0 Å². The van der Waals surface area contributed by atoms with Gasteiger partial charge in [-0.05, 0) is 36.8 Å². The van der Waals surface area contributed by atoms with Crippen molar-refractivity contribution in [1.29, 1.82) is 0 Å². The third-order valence-corrected chi connectivity index (χ3v) is 4.16. The molecule has 1 saturated heterocycles. The van der Waals surface area contributed by atoms with Gasteiger partial charge >= 0.3 is 0 Å². The van der Waals surface area contributed by atoms with E-state index in [1.807, 2.05) is 12.3 Å². The summed E-state index contributed by atoms with van der Waals surface area (Å²) in [7, 11) is 0. The molecule has 4 unspecified atom stereocenters. The smallest absolute Gasteiger partial charge is 0.0673 e. The standard InChI is InChI=1S/C16H27N3/c1-4-14(17)16(15-7-5-6-8-18-15)19-10-12(2)9-13(3)11-19/h5-8,12-14,16H,4,9-11,17H2,1-3H3. The van der Waals surface area contributed by atoms with Crippen LogP contribution in [0.4, 0.5) is 0 Å². The fourth-order valence-corrected chi connectivity index (χ4v) is 3.39. The third-order valence-electron chi connectivity index (χ3n) is 4.16. The van der Waals surface area contributed by atoms with Crippen LogP contribution in [0, 0.1) is 11.8 Å². The molecule has 106 valence electrons. The van der Waals surface area contributed by atoms with Crippen LogP contribution in [0.15, 0.2) is 24.4 Å². The highest BCUT2D eigenvalue weighted by Gasteiger charge is 2.31. The average Bonchev–Trinajstić information content (AvgIpc) is 2.39. The zero-order valence-corrected chi connectivity index (χ0v) is 12.4. The van der Waals surface area contributed by atoms with Crippen molar-refractivity contribution in [2.24, 2.45) is 17.6 Å². The monoisotopic (exact) mass is 261 g/mol. The van der Waals surface area contributed by atoms with Gasteiger partial charge in [0.05, 0.1) is 11.7 Å². The summed E-state index contributed by atoms with van der Waals surface area (Å²) in [5, 5.41) is 0. The molecule has 1 aromatic heterocycles. The molecule has 2 rings (SSSR count). The van der Waals surface area contributed by atoms with Gasteiger partial charge in [-0.1, -0.05) is 26.8 Å². The molecule has 1 aromatic rings. The molecule has 3 nitrogen and oxygen atoms in total. The van der Waals surface area contributed by atoms with Crippen LogP contribution in [0.5, 0.6) is 0 Å². The molecule has 2 N–H and O–H groups in total. The second kappa shape index (κ2) is 6.49. The van der Waals surface area contributed by atoms with E-state index in [0.717, 1.165) is 37.0 Å². The third kappa shape index (κ3) is 3.54. The molecule has 1 aliphatic rings. The van der Waals surface area contributed by atoms with Crippen LogP contribution in [0.1, 0.15) is 45.3 Å². The Balaban J connectivity index is 2.23. The molecule has 0 spiro atoms. The maximum absolute atomic E-state index is 6.39. The van der Waals surface area contributed by atoms with Gasteiger partial charge in [-0.25, -0.2) is 0 Å². The van der Waals surface area contributed by atoms with Crippen molar-refractivity contribution < 1.29 is 0 Å². The van der Waals surface area contributed by atoms with Gasteiger partial charge in [0.1, 0.15) is 0 Å². The van der Waals surface area contributed by atoms with Gasteiger partial charge in [0.2, 0.25) is 0 Å². The summed E-state index contributed by atoms with van der Waals surface area (Å²) in [4.78, 5) is 7.10. The van der Waals surface area contributed by atoms with Gasteiger partial charge < -0.3 is 5.73 Å².